The van der Waals surface area contributed by atoms with Crippen molar-refractivity contribution in [2.45, 2.75) is 43.9 Å². The zero-order valence-corrected chi connectivity index (χ0v) is 20.7. The van der Waals surface area contributed by atoms with Crippen LogP contribution in [0.15, 0.2) is 24.3 Å². The summed E-state index contributed by atoms with van der Waals surface area (Å²) in [5.41, 5.74) is -0.522. The van der Waals surface area contributed by atoms with Crippen molar-refractivity contribution in [3.05, 3.63) is 40.9 Å². The number of benzene rings is 2. The highest BCUT2D eigenvalue weighted by molar-refractivity contribution is 6.34. The second-order valence-electron chi connectivity index (χ2n) is 10.1. The summed E-state index contributed by atoms with van der Waals surface area (Å²) in [5, 5.41) is 14.4. The minimum atomic E-state index is -0.812. The normalized spacial score (nSPS) is 22.9. The molecule has 2 atom stereocenters. The first kappa shape index (κ1) is 23.6. The number of phenolic OH excluding ortho intramolecular Hbond substituents is 1. The van der Waals surface area contributed by atoms with Gasteiger partial charge >= 0.3 is 6.01 Å². The number of hydrogen-bond donors (Lipinski definition) is 2. The molecule has 0 radical (unpaired) electrons. The van der Waals surface area contributed by atoms with Crippen molar-refractivity contribution in [1.29, 1.82) is 0 Å². The van der Waals surface area contributed by atoms with Gasteiger partial charge in [-0.1, -0.05) is 17.7 Å². The smallest absolute Gasteiger partial charge is 0.319 e. The van der Waals surface area contributed by atoms with E-state index in [1.807, 2.05) is 0 Å². The summed E-state index contributed by atoms with van der Waals surface area (Å²) in [5.74, 6) is -1.42. The van der Waals surface area contributed by atoms with E-state index in [2.05, 4.69) is 27.1 Å². The standard InChI is InChI=1S/C26H28ClF2N5O2/c1-33-9-7-16(8-10-33)36-26-31-24-17(25(32-26)34-12-14-5-6-15(13-34)30-14)11-18(27)21(23(24)29)22-19(28)3-2-4-20(22)35/h2-4,11,14-16,30,35H,5-10,12-13H2,1H3/t14-,15+. The van der Waals surface area contributed by atoms with E-state index in [0.717, 1.165) is 57.9 Å². The highest BCUT2D eigenvalue weighted by Crippen LogP contribution is 2.43. The molecule has 0 saturated carbocycles. The zero-order chi connectivity index (χ0) is 25.0. The van der Waals surface area contributed by atoms with Crippen molar-refractivity contribution in [3.8, 4) is 22.9 Å². The van der Waals surface area contributed by atoms with E-state index in [1.165, 1.54) is 12.1 Å². The van der Waals surface area contributed by atoms with Crippen LogP contribution in [0.25, 0.3) is 22.0 Å². The van der Waals surface area contributed by atoms with Gasteiger partial charge in [0.2, 0.25) is 0 Å². The Morgan fingerprint density at radius 1 is 1.06 bits per heavy atom. The van der Waals surface area contributed by atoms with Crippen LogP contribution in [-0.4, -0.2) is 71.4 Å². The Kier molecular flexibility index (Phi) is 6.09. The Labute approximate surface area is 213 Å². The number of halogens is 3. The molecule has 0 unspecified atom stereocenters. The van der Waals surface area contributed by atoms with Crippen LogP contribution in [0.1, 0.15) is 25.7 Å². The Hall–Kier alpha value is -2.75. The van der Waals surface area contributed by atoms with Crippen LogP contribution < -0.4 is 15.0 Å². The third-order valence-electron chi connectivity index (χ3n) is 7.54. The summed E-state index contributed by atoms with van der Waals surface area (Å²) >= 11 is 6.54. The van der Waals surface area contributed by atoms with E-state index < -0.39 is 17.4 Å². The van der Waals surface area contributed by atoms with Gasteiger partial charge in [-0.25, -0.2) is 8.78 Å². The summed E-state index contributed by atoms with van der Waals surface area (Å²) < 4.78 is 37.0. The molecule has 3 saturated heterocycles. The highest BCUT2D eigenvalue weighted by Gasteiger charge is 2.35. The van der Waals surface area contributed by atoms with E-state index in [4.69, 9.17) is 21.3 Å². The van der Waals surface area contributed by atoms with E-state index in [9.17, 15) is 9.50 Å². The Bertz CT molecular complexity index is 1290. The van der Waals surface area contributed by atoms with Gasteiger partial charge in [-0.05, 0) is 50.9 Å². The van der Waals surface area contributed by atoms with Crippen LogP contribution >= 0.6 is 11.6 Å². The minimum Gasteiger partial charge on any atom is -0.507 e. The highest BCUT2D eigenvalue weighted by atomic mass is 35.5. The lowest BCUT2D eigenvalue weighted by Crippen LogP contribution is -2.51. The number of aromatic nitrogens is 2. The number of likely N-dealkylation sites (tertiary alicyclic amines) is 1. The molecule has 0 spiro atoms. The third-order valence-corrected chi connectivity index (χ3v) is 7.84. The lowest BCUT2D eigenvalue weighted by molar-refractivity contribution is 0.105. The lowest BCUT2D eigenvalue weighted by atomic mass is 10.0. The molecule has 36 heavy (non-hydrogen) atoms. The maximum absolute atomic E-state index is 16.2. The maximum Gasteiger partial charge on any atom is 0.319 e. The van der Waals surface area contributed by atoms with E-state index in [-0.39, 0.29) is 33.8 Å². The molecule has 3 aliphatic rings. The van der Waals surface area contributed by atoms with Crippen molar-refractivity contribution in [2.24, 2.45) is 0 Å². The molecule has 0 amide bonds. The van der Waals surface area contributed by atoms with Crippen LogP contribution in [0.5, 0.6) is 11.8 Å². The van der Waals surface area contributed by atoms with Gasteiger partial charge < -0.3 is 25.0 Å². The molecule has 1 aromatic heterocycles. The molecule has 3 aromatic rings. The summed E-state index contributed by atoms with van der Waals surface area (Å²) in [6.07, 6.45) is 3.73. The van der Waals surface area contributed by atoms with Gasteiger partial charge in [0, 0.05) is 49.2 Å². The second-order valence-corrected chi connectivity index (χ2v) is 10.5. The monoisotopic (exact) mass is 515 g/mol. The second kappa shape index (κ2) is 9.28. The molecule has 10 heteroatoms. The molecule has 190 valence electrons. The van der Waals surface area contributed by atoms with E-state index in [1.54, 1.807) is 6.07 Å². The van der Waals surface area contributed by atoms with Gasteiger partial charge in [0.05, 0.1) is 10.6 Å². The van der Waals surface area contributed by atoms with Crippen molar-refractivity contribution < 1.29 is 18.6 Å². The summed E-state index contributed by atoms with van der Waals surface area (Å²) in [7, 11) is 2.07. The Balaban J connectivity index is 1.50. The number of fused-ring (bicyclic) bond motifs is 3. The quantitative estimate of drug-likeness (QED) is 0.535. The first-order valence-electron chi connectivity index (χ1n) is 12.4. The average Bonchev–Trinajstić information content (AvgIpc) is 3.19. The fraction of sp³-hybridized carbons (Fsp3) is 0.462. The van der Waals surface area contributed by atoms with Crippen LogP contribution in [-0.2, 0) is 0 Å². The number of aromatic hydroxyl groups is 1. The molecular formula is C26H28ClF2N5O2. The molecule has 0 aliphatic carbocycles. The predicted molar refractivity (Wildman–Crippen MR) is 135 cm³/mol. The maximum atomic E-state index is 16.2. The molecule has 2 N–H and O–H groups in total. The number of hydrogen-bond acceptors (Lipinski definition) is 7. The number of nitrogens with zero attached hydrogens (tertiary/aromatic N) is 4. The summed E-state index contributed by atoms with van der Waals surface area (Å²) in [6, 6.07) is 6.15. The zero-order valence-electron chi connectivity index (χ0n) is 20.0. The number of rotatable bonds is 4. The molecule has 3 fully saturated rings. The number of ether oxygens (including phenoxy) is 1. The predicted octanol–water partition coefficient (Wildman–Crippen LogP) is 4.35. The number of anilines is 1. The molecule has 7 nitrogen and oxygen atoms in total. The van der Waals surface area contributed by atoms with Crippen LogP contribution in [0.3, 0.4) is 0 Å². The molecule has 2 bridgehead atoms. The molecule has 2 aromatic carbocycles. The van der Waals surface area contributed by atoms with Crippen molar-refractivity contribution >= 4 is 28.3 Å². The van der Waals surface area contributed by atoms with Crippen LogP contribution in [0, 0.1) is 11.6 Å². The van der Waals surface area contributed by atoms with Crippen molar-refractivity contribution in [1.82, 2.24) is 20.2 Å². The van der Waals surface area contributed by atoms with Crippen LogP contribution in [0.4, 0.5) is 14.6 Å². The average molecular weight is 516 g/mol. The number of piperazine rings is 1. The number of phenols is 1. The Morgan fingerprint density at radius 2 is 1.78 bits per heavy atom. The lowest BCUT2D eigenvalue weighted by Gasteiger charge is -2.34. The van der Waals surface area contributed by atoms with Crippen LogP contribution in [0.2, 0.25) is 5.02 Å². The van der Waals surface area contributed by atoms with Gasteiger partial charge in [0.15, 0.2) is 5.82 Å². The number of piperidine rings is 1. The fourth-order valence-electron chi connectivity index (χ4n) is 5.66. The van der Waals surface area contributed by atoms with Gasteiger partial charge in [-0.2, -0.15) is 9.97 Å². The minimum absolute atomic E-state index is 0.00383. The van der Waals surface area contributed by atoms with Crippen molar-refractivity contribution in [2.75, 3.05) is 38.1 Å². The SMILES string of the molecule is CN1CCC(Oc2nc(N3C[C@H]4CC[C@@H](C3)N4)c3cc(Cl)c(-c4c(O)cccc4F)c(F)c3n2)CC1. The van der Waals surface area contributed by atoms with Gasteiger partial charge in [-0.3, -0.25) is 0 Å². The fourth-order valence-corrected chi connectivity index (χ4v) is 5.95. The van der Waals surface area contributed by atoms with Gasteiger partial charge in [-0.15, -0.1) is 0 Å². The molecule has 6 rings (SSSR count). The molecule has 3 aliphatic heterocycles. The summed E-state index contributed by atoms with van der Waals surface area (Å²) in [4.78, 5) is 13.6. The largest absolute Gasteiger partial charge is 0.507 e. The Morgan fingerprint density at radius 3 is 2.47 bits per heavy atom. The first-order valence-corrected chi connectivity index (χ1v) is 12.8. The first-order chi connectivity index (χ1) is 17.4. The number of nitrogens with one attached hydrogen (secondary N) is 1. The topological polar surface area (TPSA) is 73.8 Å². The third kappa shape index (κ3) is 4.23. The van der Waals surface area contributed by atoms with E-state index in [0.29, 0.717) is 23.3 Å². The molecular weight excluding hydrogens is 488 g/mol. The van der Waals surface area contributed by atoms with Crippen molar-refractivity contribution in [3.63, 3.8) is 0 Å². The van der Waals surface area contributed by atoms with Gasteiger partial charge in [0.1, 0.15) is 29.0 Å². The van der Waals surface area contributed by atoms with Gasteiger partial charge in [0.25, 0.3) is 0 Å². The van der Waals surface area contributed by atoms with E-state index >= 15 is 4.39 Å². The summed E-state index contributed by atoms with van der Waals surface area (Å²) in [6.45, 7) is 3.25. The molecule has 4 heterocycles.